The molecule has 1 fully saturated rings. The molecule has 0 amide bonds. The predicted molar refractivity (Wildman–Crippen MR) is 71.0 cm³/mol. The molecule has 2 N–H and O–H groups in total. The smallest absolute Gasteiger partial charge is 0.275 e. The summed E-state index contributed by atoms with van der Waals surface area (Å²) in [4.78, 5) is 12.3. The van der Waals surface area contributed by atoms with Gasteiger partial charge < -0.3 is 15.1 Å². The zero-order valence-electron chi connectivity index (χ0n) is 10.8. The van der Waals surface area contributed by atoms with E-state index in [1.165, 1.54) is 6.07 Å². The molecule has 0 aromatic heterocycles. The Labute approximate surface area is 111 Å². The summed E-state index contributed by atoms with van der Waals surface area (Å²) in [6.07, 6.45) is 0.494. The molecule has 19 heavy (non-hydrogen) atoms. The lowest BCUT2D eigenvalue weighted by Gasteiger charge is -2.35. The number of rotatable bonds is 3. The van der Waals surface area contributed by atoms with Crippen molar-refractivity contribution in [3.63, 3.8) is 0 Å². The summed E-state index contributed by atoms with van der Waals surface area (Å²) in [5, 5.41) is 29.9. The number of nitro benzene ring substituents is 1. The van der Waals surface area contributed by atoms with Crippen LogP contribution in [0.25, 0.3) is 0 Å². The van der Waals surface area contributed by atoms with Crippen LogP contribution < -0.4 is 4.90 Å². The monoisotopic (exact) mass is 266 g/mol. The van der Waals surface area contributed by atoms with Crippen molar-refractivity contribution in [2.24, 2.45) is 5.92 Å². The maximum Gasteiger partial charge on any atom is 0.275 e. The topological polar surface area (TPSA) is 86.8 Å². The van der Waals surface area contributed by atoms with Crippen molar-refractivity contribution in [3.05, 3.63) is 33.9 Å². The van der Waals surface area contributed by atoms with Crippen molar-refractivity contribution in [2.45, 2.75) is 26.1 Å². The summed E-state index contributed by atoms with van der Waals surface area (Å²) >= 11 is 0. The van der Waals surface area contributed by atoms with Crippen molar-refractivity contribution < 1.29 is 15.1 Å². The molecule has 0 aliphatic carbocycles. The maximum absolute atomic E-state index is 10.8. The standard InChI is InChI=1S/C13H18N2O4/c1-9-4-5-14(7-13(9)17)11-2-3-12(15(18)19)10(6-11)8-16/h2-3,6,9,13,16-17H,4-5,7-8H2,1H3. The number of nitrogens with zero attached hydrogens (tertiary/aromatic N) is 2. The van der Waals surface area contributed by atoms with Crippen LogP contribution in [-0.4, -0.2) is 34.3 Å². The lowest BCUT2D eigenvalue weighted by atomic mass is 9.95. The molecule has 2 unspecified atom stereocenters. The van der Waals surface area contributed by atoms with Gasteiger partial charge in [0.05, 0.1) is 23.2 Å². The Bertz CT molecular complexity index is 478. The number of hydrogen-bond acceptors (Lipinski definition) is 5. The molecular weight excluding hydrogens is 248 g/mol. The number of anilines is 1. The lowest BCUT2D eigenvalue weighted by molar-refractivity contribution is -0.385. The van der Waals surface area contributed by atoms with E-state index in [0.29, 0.717) is 12.1 Å². The first kappa shape index (κ1) is 13.8. The van der Waals surface area contributed by atoms with E-state index in [0.717, 1.165) is 18.7 Å². The normalized spacial score (nSPS) is 23.4. The van der Waals surface area contributed by atoms with E-state index in [9.17, 15) is 20.3 Å². The van der Waals surface area contributed by atoms with E-state index < -0.39 is 4.92 Å². The highest BCUT2D eigenvalue weighted by Gasteiger charge is 2.25. The number of piperidine rings is 1. The van der Waals surface area contributed by atoms with Gasteiger partial charge in [-0.1, -0.05) is 6.92 Å². The summed E-state index contributed by atoms with van der Waals surface area (Å²) in [5.41, 5.74) is 1.04. The van der Waals surface area contributed by atoms with E-state index in [1.807, 2.05) is 11.8 Å². The van der Waals surface area contributed by atoms with Gasteiger partial charge in [-0.2, -0.15) is 0 Å². The third kappa shape index (κ3) is 2.85. The summed E-state index contributed by atoms with van der Waals surface area (Å²) in [6.45, 7) is 2.97. The fourth-order valence-electron chi connectivity index (χ4n) is 2.36. The average Bonchev–Trinajstić information content (AvgIpc) is 2.41. The Morgan fingerprint density at radius 1 is 1.53 bits per heavy atom. The zero-order chi connectivity index (χ0) is 14.0. The fraction of sp³-hybridized carbons (Fsp3) is 0.538. The summed E-state index contributed by atoms with van der Waals surface area (Å²) in [6, 6.07) is 4.70. The largest absolute Gasteiger partial charge is 0.391 e. The highest BCUT2D eigenvalue weighted by molar-refractivity contribution is 5.56. The molecule has 0 bridgehead atoms. The summed E-state index contributed by atoms with van der Waals surface area (Å²) in [5.74, 6) is 0.270. The van der Waals surface area contributed by atoms with Gasteiger partial charge in [-0.05, 0) is 24.5 Å². The molecule has 1 heterocycles. The van der Waals surface area contributed by atoms with Crippen molar-refractivity contribution in [1.82, 2.24) is 0 Å². The lowest BCUT2D eigenvalue weighted by Crippen LogP contribution is -2.42. The Balaban J connectivity index is 2.24. The SMILES string of the molecule is CC1CCN(c2ccc([N+](=O)[O-])c(CO)c2)CC1O. The van der Waals surface area contributed by atoms with E-state index in [4.69, 9.17) is 0 Å². The van der Waals surface area contributed by atoms with Gasteiger partial charge >= 0.3 is 0 Å². The van der Waals surface area contributed by atoms with Crippen molar-refractivity contribution in [2.75, 3.05) is 18.0 Å². The predicted octanol–water partition coefficient (Wildman–Crippen LogP) is 1.29. The Morgan fingerprint density at radius 3 is 2.84 bits per heavy atom. The number of aliphatic hydroxyl groups is 2. The van der Waals surface area contributed by atoms with Crippen LogP contribution in [0.2, 0.25) is 0 Å². The van der Waals surface area contributed by atoms with Gasteiger partial charge in [0.25, 0.3) is 5.69 Å². The first-order chi connectivity index (χ1) is 9.02. The molecule has 0 saturated carbocycles. The average molecular weight is 266 g/mol. The van der Waals surface area contributed by atoms with Crippen LogP contribution in [0.15, 0.2) is 18.2 Å². The Kier molecular flexibility index (Phi) is 4.01. The summed E-state index contributed by atoms with van der Waals surface area (Å²) < 4.78 is 0. The number of β-amino-alcohol motifs (C(OH)–C–C–N with tert-alkyl or cyclic N) is 1. The van der Waals surface area contributed by atoms with Crippen LogP contribution in [0, 0.1) is 16.0 Å². The quantitative estimate of drug-likeness (QED) is 0.636. The molecule has 2 rings (SSSR count). The van der Waals surface area contributed by atoms with Crippen LogP contribution in [0.5, 0.6) is 0 Å². The minimum absolute atomic E-state index is 0.0721. The van der Waals surface area contributed by atoms with Crippen LogP contribution in [0.4, 0.5) is 11.4 Å². The molecule has 0 spiro atoms. The summed E-state index contributed by atoms with van der Waals surface area (Å²) in [7, 11) is 0. The molecule has 1 saturated heterocycles. The van der Waals surface area contributed by atoms with Gasteiger partial charge in [-0.15, -0.1) is 0 Å². The minimum Gasteiger partial charge on any atom is -0.391 e. The maximum atomic E-state index is 10.8. The number of nitro groups is 1. The van der Waals surface area contributed by atoms with Gasteiger partial charge in [0, 0.05) is 24.8 Å². The van der Waals surface area contributed by atoms with E-state index in [-0.39, 0.29) is 24.3 Å². The molecule has 6 nitrogen and oxygen atoms in total. The second-order valence-corrected chi connectivity index (χ2v) is 5.01. The van der Waals surface area contributed by atoms with Crippen molar-refractivity contribution >= 4 is 11.4 Å². The molecule has 0 radical (unpaired) electrons. The first-order valence-electron chi connectivity index (χ1n) is 6.34. The Morgan fingerprint density at radius 2 is 2.26 bits per heavy atom. The fourth-order valence-corrected chi connectivity index (χ4v) is 2.36. The van der Waals surface area contributed by atoms with Crippen LogP contribution in [0.1, 0.15) is 18.9 Å². The van der Waals surface area contributed by atoms with Gasteiger partial charge in [-0.3, -0.25) is 10.1 Å². The highest BCUT2D eigenvalue weighted by Crippen LogP contribution is 2.28. The second kappa shape index (κ2) is 5.54. The molecular formula is C13H18N2O4. The second-order valence-electron chi connectivity index (χ2n) is 5.01. The molecule has 1 aromatic carbocycles. The van der Waals surface area contributed by atoms with Crippen molar-refractivity contribution in [3.8, 4) is 0 Å². The minimum atomic E-state index is -0.498. The highest BCUT2D eigenvalue weighted by atomic mass is 16.6. The van der Waals surface area contributed by atoms with E-state index >= 15 is 0 Å². The number of aliphatic hydroxyl groups excluding tert-OH is 2. The molecule has 2 atom stereocenters. The number of benzene rings is 1. The van der Waals surface area contributed by atoms with Crippen molar-refractivity contribution in [1.29, 1.82) is 0 Å². The van der Waals surface area contributed by atoms with Gasteiger partial charge in [-0.25, -0.2) is 0 Å². The number of hydrogen-bond donors (Lipinski definition) is 2. The molecule has 104 valence electrons. The first-order valence-corrected chi connectivity index (χ1v) is 6.34. The van der Waals surface area contributed by atoms with Gasteiger partial charge in [0.15, 0.2) is 0 Å². The molecule has 1 aliphatic heterocycles. The Hall–Kier alpha value is -1.66. The van der Waals surface area contributed by atoms with Gasteiger partial charge in [0.1, 0.15) is 0 Å². The van der Waals surface area contributed by atoms with Crippen LogP contribution in [-0.2, 0) is 6.61 Å². The van der Waals surface area contributed by atoms with E-state index in [2.05, 4.69) is 0 Å². The molecule has 1 aromatic rings. The van der Waals surface area contributed by atoms with Gasteiger partial charge in [0.2, 0.25) is 0 Å². The third-order valence-electron chi connectivity index (χ3n) is 3.71. The molecule has 1 aliphatic rings. The third-order valence-corrected chi connectivity index (χ3v) is 3.71. The molecule has 6 heteroatoms. The van der Waals surface area contributed by atoms with Crippen LogP contribution >= 0.6 is 0 Å². The zero-order valence-corrected chi connectivity index (χ0v) is 10.8. The van der Waals surface area contributed by atoms with E-state index in [1.54, 1.807) is 12.1 Å². The van der Waals surface area contributed by atoms with Crippen LogP contribution in [0.3, 0.4) is 0 Å².